The number of aryl methyl sites for hydroxylation is 1. The number of hydrogen-bond acceptors (Lipinski definition) is 4. The van der Waals surface area contributed by atoms with E-state index in [0.29, 0.717) is 5.37 Å². The highest BCUT2D eigenvalue weighted by atomic mass is 32.2. The molecular weight excluding hydrogens is 308 g/mol. The molecular formula is C18H26N2O2S. The predicted octanol–water partition coefficient (Wildman–Crippen LogP) is 3.60. The standard InChI is InChI=1S/C18H26N2O2S/c1-18(2,3)22-17(21)20-12-10-19(11-13-20)16-9-8-14-6-4-5-7-15(14)23-16/h4-7,16H,8-13H2,1-3H3. The topological polar surface area (TPSA) is 32.8 Å². The van der Waals surface area contributed by atoms with Crippen LogP contribution < -0.4 is 0 Å². The lowest BCUT2D eigenvalue weighted by Crippen LogP contribution is -2.52. The maximum absolute atomic E-state index is 12.1. The minimum atomic E-state index is -0.419. The molecule has 0 radical (unpaired) electrons. The van der Waals surface area contributed by atoms with Crippen LogP contribution in [0.4, 0.5) is 4.79 Å². The molecule has 2 aliphatic rings. The van der Waals surface area contributed by atoms with Crippen molar-refractivity contribution in [3.63, 3.8) is 0 Å². The Balaban J connectivity index is 1.53. The summed E-state index contributed by atoms with van der Waals surface area (Å²) in [6.07, 6.45) is 2.16. The minimum absolute atomic E-state index is 0.182. The van der Waals surface area contributed by atoms with Crippen molar-refractivity contribution in [1.82, 2.24) is 9.80 Å². The average Bonchev–Trinajstić information content (AvgIpc) is 2.53. The third-order valence-electron chi connectivity index (χ3n) is 4.27. The van der Waals surface area contributed by atoms with E-state index >= 15 is 0 Å². The molecule has 126 valence electrons. The quantitative estimate of drug-likeness (QED) is 0.785. The van der Waals surface area contributed by atoms with Crippen LogP contribution in [0, 0.1) is 0 Å². The van der Waals surface area contributed by atoms with Crippen LogP contribution in [0.1, 0.15) is 32.8 Å². The maximum atomic E-state index is 12.1. The van der Waals surface area contributed by atoms with Gasteiger partial charge in [-0.25, -0.2) is 4.79 Å². The first-order valence-corrected chi connectivity index (χ1v) is 9.27. The van der Waals surface area contributed by atoms with Gasteiger partial charge in [0, 0.05) is 31.1 Å². The number of carbonyl (C=O) groups is 1. The number of hydrogen-bond donors (Lipinski definition) is 0. The highest BCUT2D eigenvalue weighted by Crippen LogP contribution is 2.37. The van der Waals surface area contributed by atoms with Crippen LogP contribution in [0.5, 0.6) is 0 Å². The third kappa shape index (κ3) is 4.21. The Morgan fingerprint density at radius 2 is 1.87 bits per heavy atom. The fraction of sp³-hybridized carbons (Fsp3) is 0.611. The normalized spacial score (nSPS) is 22.6. The molecule has 0 N–H and O–H groups in total. The van der Waals surface area contributed by atoms with Crippen LogP contribution in [0.25, 0.3) is 0 Å². The van der Waals surface area contributed by atoms with Gasteiger partial charge in [-0.2, -0.15) is 0 Å². The summed E-state index contributed by atoms with van der Waals surface area (Å²) in [4.78, 5) is 17.9. The van der Waals surface area contributed by atoms with Crippen molar-refractivity contribution in [3.05, 3.63) is 29.8 Å². The van der Waals surface area contributed by atoms with Crippen LogP contribution in [0.2, 0.25) is 0 Å². The smallest absolute Gasteiger partial charge is 0.410 e. The number of carbonyl (C=O) groups excluding carboxylic acids is 1. The van der Waals surface area contributed by atoms with Gasteiger partial charge in [0.05, 0.1) is 5.37 Å². The molecule has 5 heteroatoms. The van der Waals surface area contributed by atoms with Gasteiger partial charge in [0.1, 0.15) is 5.60 Å². The summed E-state index contributed by atoms with van der Waals surface area (Å²) < 4.78 is 5.47. The lowest BCUT2D eigenvalue weighted by molar-refractivity contribution is 0.0133. The average molecular weight is 334 g/mol. The number of ether oxygens (including phenoxy) is 1. The van der Waals surface area contributed by atoms with Crippen LogP contribution in [0.3, 0.4) is 0 Å². The van der Waals surface area contributed by atoms with Gasteiger partial charge >= 0.3 is 6.09 Å². The lowest BCUT2D eigenvalue weighted by atomic mass is 10.1. The van der Waals surface area contributed by atoms with Crippen molar-refractivity contribution in [2.24, 2.45) is 0 Å². The van der Waals surface area contributed by atoms with Gasteiger partial charge in [-0.1, -0.05) is 18.2 Å². The maximum Gasteiger partial charge on any atom is 0.410 e. The van der Waals surface area contributed by atoms with E-state index in [1.807, 2.05) is 37.4 Å². The molecule has 0 spiro atoms. The number of nitrogens with zero attached hydrogens (tertiary/aromatic N) is 2. The number of benzene rings is 1. The number of piperazine rings is 1. The Morgan fingerprint density at radius 1 is 1.17 bits per heavy atom. The Kier molecular flexibility index (Phi) is 4.87. The molecule has 1 fully saturated rings. The van der Waals surface area contributed by atoms with E-state index in [0.717, 1.165) is 32.6 Å². The third-order valence-corrected chi connectivity index (χ3v) is 5.73. The molecule has 2 heterocycles. The van der Waals surface area contributed by atoms with Crippen LogP contribution in [-0.4, -0.2) is 53.0 Å². The van der Waals surface area contributed by atoms with E-state index in [4.69, 9.17) is 4.74 Å². The van der Waals surface area contributed by atoms with Gasteiger partial charge in [-0.3, -0.25) is 4.90 Å². The van der Waals surface area contributed by atoms with Crippen molar-refractivity contribution in [3.8, 4) is 0 Å². The summed E-state index contributed by atoms with van der Waals surface area (Å²) in [5, 5.41) is 0.533. The Morgan fingerprint density at radius 3 is 2.57 bits per heavy atom. The van der Waals surface area contributed by atoms with Crippen molar-refractivity contribution < 1.29 is 9.53 Å². The number of rotatable bonds is 1. The molecule has 1 saturated heterocycles. The first-order chi connectivity index (χ1) is 10.9. The SMILES string of the molecule is CC(C)(C)OC(=O)N1CCN(C2CCc3ccccc3S2)CC1. The van der Waals surface area contributed by atoms with Crippen molar-refractivity contribution in [2.75, 3.05) is 26.2 Å². The van der Waals surface area contributed by atoms with E-state index in [2.05, 4.69) is 29.2 Å². The zero-order chi connectivity index (χ0) is 16.4. The second-order valence-electron chi connectivity index (χ2n) is 7.22. The van der Waals surface area contributed by atoms with Crippen molar-refractivity contribution in [1.29, 1.82) is 0 Å². The van der Waals surface area contributed by atoms with E-state index < -0.39 is 5.60 Å². The van der Waals surface area contributed by atoms with E-state index in [9.17, 15) is 4.79 Å². The first-order valence-electron chi connectivity index (χ1n) is 8.39. The van der Waals surface area contributed by atoms with Gasteiger partial charge < -0.3 is 9.64 Å². The molecule has 1 amide bonds. The molecule has 0 bridgehead atoms. The highest BCUT2D eigenvalue weighted by molar-refractivity contribution is 8.00. The largest absolute Gasteiger partial charge is 0.444 e. The predicted molar refractivity (Wildman–Crippen MR) is 93.8 cm³/mol. The molecule has 1 unspecified atom stereocenters. The summed E-state index contributed by atoms with van der Waals surface area (Å²) in [5.41, 5.74) is 1.05. The van der Waals surface area contributed by atoms with Crippen LogP contribution in [-0.2, 0) is 11.2 Å². The molecule has 23 heavy (non-hydrogen) atoms. The zero-order valence-electron chi connectivity index (χ0n) is 14.2. The number of fused-ring (bicyclic) bond motifs is 1. The van der Waals surface area contributed by atoms with Gasteiger partial charge in [0.25, 0.3) is 0 Å². The Labute approximate surface area is 143 Å². The highest BCUT2D eigenvalue weighted by Gasteiger charge is 2.30. The fourth-order valence-corrected chi connectivity index (χ4v) is 4.45. The van der Waals surface area contributed by atoms with Crippen molar-refractivity contribution in [2.45, 2.75) is 49.5 Å². The fourth-order valence-electron chi connectivity index (χ4n) is 3.09. The summed E-state index contributed by atoms with van der Waals surface area (Å²) >= 11 is 1.97. The van der Waals surface area contributed by atoms with E-state index in [1.54, 1.807) is 0 Å². The second kappa shape index (κ2) is 6.73. The first kappa shape index (κ1) is 16.7. The van der Waals surface area contributed by atoms with E-state index in [1.165, 1.54) is 16.9 Å². The number of thioether (sulfide) groups is 1. The molecule has 1 atom stereocenters. The molecule has 3 rings (SSSR count). The van der Waals surface area contributed by atoms with Crippen molar-refractivity contribution >= 4 is 17.9 Å². The summed E-state index contributed by atoms with van der Waals surface area (Å²) in [6.45, 7) is 9.12. The second-order valence-corrected chi connectivity index (χ2v) is 8.44. The summed E-state index contributed by atoms with van der Waals surface area (Å²) in [6, 6.07) is 8.70. The van der Waals surface area contributed by atoms with E-state index in [-0.39, 0.29) is 6.09 Å². The van der Waals surface area contributed by atoms with Gasteiger partial charge in [-0.05, 0) is 45.2 Å². The molecule has 0 saturated carbocycles. The van der Waals surface area contributed by atoms with Crippen LogP contribution in [0.15, 0.2) is 29.2 Å². The van der Waals surface area contributed by atoms with Gasteiger partial charge in [0.2, 0.25) is 0 Å². The Hall–Kier alpha value is -1.20. The minimum Gasteiger partial charge on any atom is -0.444 e. The Bertz CT molecular complexity index is 562. The van der Waals surface area contributed by atoms with Gasteiger partial charge in [-0.15, -0.1) is 11.8 Å². The monoisotopic (exact) mass is 334 g/mol. The number of amides is 1. The molecule has 0 aliphatic carbocycles. The molecule has 1 aromatic carbocycles. The van der Waals surface area contributed by atoms with Gasteiger partial charge in [0.15, 0.2) is 0 Å². The van der Waals surface area contributed by atoms with Crippen LogP contribution >= 0.6 is 11.8 Å². The molecule has 0 aromatic heterocycles. The lowest BCUT2D eigenvalue weighted by Gasteiger charge is -2.40. The molecule has 1 aromatic rings. The zero-order valence-corrected chi connectivity index (χ0v) is 15.1. The molecule has 2 aliphatic heterocycles. The molecule has 4 nitrogen and oxygen atoms in total. The summed E-state index contributed by atoms with van der Waals surface area (Å²) in [5.74, 6) is 0. The summed E-state index contributed by atoms with van der Waals surface area (Å²) in [7, 11) is 0.